The van der Waals surface area contributed by atoms with Crippen LogP contribution in [-0.2, 0) is 4.79 Å². The van der Waals surface area contributed by atoms with E-state index < -0.39 is 17.5 Å². The third-order valence-corrected chi connectivity index (χ3v) is 3.54. The molecule has 0 aliphatic rings. The average molecular weight is 276 g/mol. The van der Waals surface area contributed by atoms with Gasteiger partial charge in [-0.05, 0) is 11.3 Å². The molecular formula is C15H32O4. The van der Waals surface area contributed by atoms with E-state index in [0.29, 0.717) is 0 Å². The van der Waals surface area contributed by atoms with Gasteiger partial charge in [-0.1, -0.05) is 55.4 Å². The molecule has 0 fully saturated rings. The molecule has 2 unspecified atom stereocenters. The van der Waals surface area contributed by atoms with Crippen molar-refractivity contribution in [1.82, 2.24) is 0 Å². The van der Waals surface area contributed by atoms with E-state index in [1.165, 1.54) is 0 Å². The topological polar surface area (TPSA) is 77.8 Å². The van der Waals surface area contributed by atoms with E-state index in [1.807, 2.05) is 20.8 Å². The van der Waals surface area contributed by atoms with Crippen molar-refractivity contribution >= 4 is 5.97 Å². The molecule has 0 radical (unpaired) electrons. The minimum atomic E-state index is -0.741. The van der Waals surface area contributed by atoms with Crippen molar-refractivity contribution in [3.63, 3.8) is 0 Å². The molecule has 0 spiro atoms. The maximum absolute atomic E-state index is 10.0. The van der Waals surface area contributed by atoms with Gasteiger partial charge in [0, 0.05) is 5.41 Å². The Bertz CT molecular complexity index is 264. The maximum Gasteiger partial charge on any atom is 0.305 e. The van der Waals surface area contributed by atoms with Crippen molar-refractivity contribution < 1.29 is 20.1 Å². The van der Waals surface area contributed by atoms with Crippen molar-refractivity contribution in [3.05, 3.63) is 0 Å². The Morgan fingerprint density at radius 2 is 1.37 bits per heavy atom. The number of aliphatic hydroxyl groups excluding tert-OH is 2. The van der Waals surface area contributed by atoms with Crippen molar-refractivity contribution in [2.45, 2.75) is 61.5 Å². The van der Waals surface area contributed by atoms with Crippen LogP contribution in [0.2, 0.25) is 0 Å². The molecule has 116 valence electrons. The fraction of sp³-hybridized carbons (Fsp3) is 0.933. The average Bonchev–Trinajstić information content (AvgIpc) is 2.26. The lowest BCUT2D eigenvalue weighted by atomic mass is 9.70. The van der Waals surface area contributed by atoms with Gasteiger partial charge in [0.25, 0.3) is 0 Å². The number of aliphatic hydroxyl groups is 2. The van der Waals surface area contributed by atoms with Gasteiger partial charge in [-0.3, -0.25) is 4.79 Å². The summed E-state index contributed by atoms with van der Waals surface area (Å²) in [6.07, 6.45) is -0.461. The molecule has 0 aromatic heterocycles. The van der Waals surface area contributed by atoms with Crippen LogP contribution in [0.15, 0.2) is 0 Å². The zero-order valence-corrected chi connectivity index (χ0v) is 13.7. The molecule has 19 heavy (non-hydrogen) atoms. The van der Waals surface area contributed by atoms with Gasteiger partial charge in [0.05, 0.1) is 18.6 Å². The van der Waals surface area contributed by atoms with Gasteiger partial charge in [0.15, 0.2) is 0 Å². The number of carbonyl (C=O) groups is 1. The van der Waals surface area contributed by atoms with Crippen LogP contribution in [0.1, 0.15) is 55.4 Å². The summed E-state index contributed by atoms with van der Waals surface area (Å²) in [5.74, 6) is -0.797. The zero-order valence-electron chi connectivity index (χ0n) is 13.7. The maximum atomic E-state index is 10.0. The fourth-order valence-electron chi connectivity index (χ4n) is 1.24. The van der Waals surface area contributed by atoms with Crippen LogP contribution < -0.4 is 0 Å². The first-order valence-corrected chi connectivity index (χ1v) is 6.79. The van der Waals surface area contributed by atoms with E-state index in [1.54, 1.807) is 13.8 Å². The number of aliphatic carboxylic acids is 1. The van der Waals surface area contributed by atoms with Crippen LogP contribution in [0.5, 0.6) is 0 Å². The highest BCUT2D eigenvalue weighted by Gasteiger charge is 2.36. The lowest BCUT2D eigenvalue weighted by molar-refractivity contribution is -0.140. The number of carboxylic acid groups (broad SMARTS) is 1. The van der Waals surface area contributed by atoms with Gasteiger partial charge in [0.2, 0.25) is 0 Å². The van der Waals surface area contributed by atoms with Crippen LogP contribution in [-0.4, -0.2) is 34.0 Å². The second kappa shape index (κ2) is 7.85. The Morgan fingerprint density at radius 1 is 1.05 bits per heavy atom. The molecule has 2 atom stereocenters. The quantitative estimate of drug-likeness (QED) is 0.738. The SMILES string of the molecule is CC(C(O)C(C)(C)CO)C(C)(C)C.CC(C)C(=O)O. The van der Waals surface area contributed by atoms with Gasteiger partial charge in [-0.15, -0.1) is 0 Å². The Labute approximate surface area is 117 Å². The molecule has 0 aromatic carbocycles. The zero-order chi connectivity index (χ0) is 16.0. The summed E-state index contributed by atoms with van der Waals surface area (Å²) < 4.78 is 0. The van der Waals surface area contributed by atoms with E-state index in [4.69, 9.17) is 10.2 Å². The minimum absolute atomic E-state index is 0.0224. The molecule has 0 saturated carbocycles. The first-order chi connectivity index (χ1) is 8.27. The first-order valence-electron chi connectivity index (χ1n) is 6.79. The van der Waals surface area contributed by atoms with E-state index in [9.17, 15) is 9.90 Å². The lowest BCUT2D eigenvalue weighted by Crippen LogP contribution is -2.42. The van der Waals surface area contributed by atoms with Crippen molar-refractivity contribution in [3.8, 4) is 0 Å². The molecule has 0 bridgehead atoms. The normalized spacial score (nSPS) is 15.5. The molecule has 0 rings (SSSR count). The number of rotatable bonds is 4. The molecule has 4 nitrogen and oxygen atoms in total. The molecule has 3 N–H and O–H groups in total. The number of hydrogen-bond acceptors (Lipinski definition) is 3. The van der Waals surface area contributed by atoms with Crippen LogP contribution in [0.3, 0.4) is 0 Å². The highest BCUT2D eigenvalue weighted by Crippen LogP contribution is 2.35. The highest BCUT2D eigenvalue weighted by molar-refractivity contribution is 5.68. The lowest BCUT2D eigenvalue weighted by Gasteiger charge is -2.39. The van der Waals surface area contributed by atoms with Crippen LogP contribution in [0.4, 0.5) is 0 Å². The predicted octanol–water partition coefficient (Wildman–Crippen LogP) is 2.78. The van der Waals surface area contributed by atoms with Crippen molar-refractivity contribution in [2.75, 3.05) is 6.61 Å². The van der Waals surface area contributed by atoms with Gasteiger partial charge < -0.3 is 15.3 Å². The smallest absolute Gasteiger partial charge is 0.305 e. The molecule has 0 amide bonds. The van der Waals surface area contributed by atoms with Gasteiger partial charge in [0.1, 0.15) is 0 Å². The third-order valence-electron chi connectivity index (χ3n) is 3.54. The Hall–Kier alpha value is -0.610. The van der Waals surface area contributed by atoms with Gasteiger partial charge in [-0.25, -0.2) is 0 Å². The standard InChI is InChI=1S/C11H24O2.C4H8O2/c1-8(10(2,3)4)9(13)11(5,6)7-12;1-3(2)4(5)6/h8-9,12-13H,7H2,1-6H3;3H,1-2H3,(H,5,6). The summed E-state index contributed by atoms with van der Waals surface area (Å²) in [6, 6.07) is 0. The summed E-state index contributed by atoms with van der Waals surface area (Å²) in [5, 5.41) is 27.1. The van der Waals surface area contributed by atoms with Crippen molar-refractivity contribution in [1.29, 1.82) is 0 Å². The predicted molar refractivity (Wildman–Crippen MR) is 78.0 cm³/mol. The van der Waals surface area contributed by atoms with E-state index >= 15 is 0 Å². The largest absolute Gasteiger partial charge is 0.481 e. The molecule has 0 saturated heterocycles. The molecule has 0 heterocycles. The van der Waals surface area contributed by atoms with Crippen LogP contribution >= 0.6 is 0 Å². The summed E-state index contributed by atoms with van der Waals surface area (Å²) in [7, 11) is 0. The molecule has 0 aromatic rings. The molecule has 4 heteroatoms. The van der Waals surface area contributed by atoms with Crippen LogP contribution in [0.25, 0.3) is 0 Å². The first kappa shape index (κ1) is 20.7. The Morgan fingerprint density at radius 3 is 1.53 bits per heavy atom. The van der Waals surface area contributed by atoms with Crippen molar-refractivity contribution in [2.24, 2.45) is 22.7 Å². The summed E-state index contributed by atoms with van der Waals surface area (Å²) in [6.45, 7) is 15.4. The minimum Gasteiger partial charge on any atom is -0.481 e. The molecule has 0 aliphatic heterocycles. The summed E-state index contributed by atoms with van der Waals surface area (Å²) in [4.78, 5) is 9.70. The van der Waals surface area contributed by atoms with Gasteiger partial charge >= 0.3 is 5.97 Å². The Kier molecular flexibility index (Phi) is 8.56. The van der Waals surface area contributed by atoms with E-state index in [2.05, 4.69) is 20.8 Å². The second-order valence-corrected chi connectivity index (χ2v) is 7.24. The summed E-state index contributed by atoms with van der Waals surface area (Å²) >= 11 is 0. The highest BCUT2D eigenvalue weighted by atomic mass is 16.4. The monoisotopic (exact) mass is 276 g/mol. The number of carboxylic acids is 1. The van der Waals surface area contributed by atoms with E-state index in [-0.39, 0.29) is 23.9 Å². The number of hydrogen-bond donors (Lipinski definition) is 3. The summed E-state index contributed by atoms with van der Waals surface area (Å²) in [5.41, 5.74) is -0.335. The van der Waals surface area contributed by atoms with E-state index in [0.717, 1.165) is 0 Å². The van der Waals surface area contributed by atoms with Crippen LogP contribution in [0, 0.1) is 22.7 Å². The molecular weight excluding hydrogens is 244 g/mol. The molecule has 0 aliphatic carbocycles. The fourth-order valence-corrected chi connectivity index (χ4v) is 1.24. The van der Waals surface area contributed by atoms with Gasteiger partial charge in [-0.2, -0.15) is 0 Å². The second-order valence-electron chi connectivity index (χ2n) is 7.24. The third kappa shape index (κ3) is 8.22. The Balaban J connectivity index is 0.